The molecule has 2 rings (SSSR count). The summed E-state index contributed by atoms with van der Waals surface area (Å²) in [4.78, 5) is 24.2. The maximum atomic E-state index is 12.5. The molecule has 6 heteroatoms. The molecule has 2 N–H and O–H groups in total. The third kappa shape index (κ3) is 3.80. The molecule has 2 amide bonds. The van der Waals surface area contributed by atoms with Crippen LogP contribution in [0.1, 0.15) is 39.3 Å². The first kappa shape index (κ1) is 16.4. The van der Waals surface area contributed by atoms with Gasteiger partial charge in [-0.15, -0.1) is 0 Å². The molecule has 1 heterocycles. The average molecular weight is 323 g/mol. The highest BCUT2D eigenvalue weighted by molar-refractivity contribution is 6.30. The van der Waals surface area contributed by atoms with Crippen LogP contribution in [0.25, 0.3) is 0 Å². The van der Waals surface area contributed by atoms with Crippen molar-refractivity contribution in [3.63, 3.8) is 0 Å². The number of halogens is 1. The number of nitrogens with one attached hydrogen (secondary N) is 2. The van der Waals surface area contributed by atoms with Crippen LogP contribution in [0.5, 0.6) is 0 Å². The summed E-state index contributed by atoms with van der Waals surface area (Å²) in [6.07, 6.45) is 0. The summed E-state index contributed by atoms with van der Waals surface area (Å²) >= 11 is 5.89. The number of carbonyl (C=O) groups excluding carboxylic acids is 2. The Morgan fingerprint density at radius 2 is 1.82 bits per heavy atom. The van der Waals surface area contributed by atoms with Gasteiger partial charge >= 0.3 is 12.0 Å². The van der Waals surface area contributed by atoms with Crippen molar-refractivity contribution in [2.24, 2.45) is 0 Å². The van der Waals surface area contributed by atoms with E-state index in [2.05, 4.69) is 10.6 Å². The van der Waals surface area contributed by atoms with Gasteiger partial charge in [0, 0.05) is 10.7 Å². The van der Waals surface area contributed by atoms with E-state index in [-0.39, 0.29) is 6.03 Å². The van der Waals surface area contributed by atoms with Gasteiger partial charge in [0.2, 0.25) is 0 Å². The van der Waals surface area contributed by atoms with Crippen molar-refractivity contribution in [3.8, 4) is 0 Å². The Kier molecular flexibility index (Phi) is 4.47. The molecular weight excluding hydrogens is 304 g/mol. The zero-order chi connectivity index (χ0) is 16.5. The molecule has 1 aromatic carbocycles. The molecule has 0 radical (unpaired) electrons. The molecule has 0 aliphatic carbocycles. The molecule has 0 bridgehead atoms. The van der Waals surface area contributed by atoms with Gasteiger partial charge in [0.25, 0.3) is 0 Å². The fourth-order valence-corrected chi connectivity index (χ4v) is 2.33. The van der Waals surface area contributed by atoms with Gasteiger partial charge in [-0.3, -0.25) is 0 Å². The lowest BCUT2D eigenvalue weighted by atomic mass is 9.95. The van der Waals surface area contributed by atoms with E-state index in [4.69, 9.17) is 16.3 Å². The van der Waals surface area contributed by atoms with Gasteiger partial charge in [-0.1, -0.05) is 23.7 Å². The van der Waals surface area contributed by atoms with Crippen molar-refractivity contribution < 1.29 is 14.3 Å². The zero-order valence-corrected chi connectivity index (χ0v) is 13.7. The number of allylic oxidation sites excluding steroid dienone is 1. The monoisotopic (exact) mass is 322 g/mol. The van der Waals surface area contributed by atoms with E-state index in [1.165, 1.54) is 0 Å². The Bertz CT molecular complexity index is 630. The van der Waals surface area contributed by atoms with Crippen LogP contribution in [-0.4, -0.2) is 17.6 Å². The topological polar surface area (TPSA) is 67.4 Å². The molecule has 1 atom stereocenters. The predicted octanol–water partition coefficient (Wildman–Crippen LogP) is 3.31. The number of hydrogen-bond donors (Lipinski definition) is 2. The highest BCUT2D eigenvalue weighted by Gasteiger charge is 2.33. The first-order valence-electron chi connectivity index (χ1n) is 6.94. The third-order valence-corrected chi connectivity index (χ3v) is 3.34. The number of carbonyl (C=O) groups is 2. The highest BCUT2D eigenvalue weighted by atomic mass is 35.5. The van der Waals surface area contributed by atoms with Gasteiger partial charge in [-0.05, 0) is 45.4 Å². The summed E-state index contributed by atoms with van der Waals surface area (Å²) in [6, 6.07) is 6.05. The Balaban J connectivity index is 2.41. The number of benzene rings is 1. The lowest BCUT2D eigenvalue weighted by Crippen LogP contribution is -2.46. The minimum absolute atomic E-state index is 0.357. The maximum absolute atomic E-state index is 12.5. The Morgan fingerprint density at radius 3 is 2.36 bits per heavy atom. The van der Waals surface area contributed by atoms with E-state index in [0.29, 0.717) is 16.3 Å². The van der Waals surface area contributed by atoms with E-state index in [0.717, 1.165) is 5.56 Å². The van der Waals surface area contributed by atoms with Crippen LogP contribution in [0, 0.1) is 0 Å². The summed E-state index contributed by atoms with van der Waals surface area (Å²) in [5, 5.41) is 5.94. The predicted molar refractivity (Wildman–Crippen MR) is 84.4 cm³/mol. The first-order chi connectivity index (χ1) is 10.2. The highest BCUT2D eigenvalue weighted by Crippen LogP contribution is 2.29. The summed E-state index contributed by atoms with van der Waals surface area (Å²) < 4.78 is 5.44. The Morgan fingerprint density at radius 1 is 1.23 bits per heavy atom. The van der Waals surface area contributed by atoms with Gasteiger partial charge in [0.15, 0.2) is 0 Å². The van der Waals surface area contributed by atoms with Gasteiger partial charge in [0.05, 0.1) is 11.6 Å². The Hall–Kier alpha value is -2.01. The summed E-state index contributed by atoms with van der Waals surface area (Å²) in [5.74, 6) is -0.461. The minimum atomic E-state index is -0.615. The lowest BCUT2D eigenvalue weighted by Gasteiger charge is -2.30. The molecule has 0 spiro atoms. The van der Waals surface area contributed by atoms with E-state index in [1.807, 2.05) is 0 Å². The van der Waals surface area contributed by atoms with Crippen molar-refractivity contribution >= 4 is 23.6 Å². The number of rotatable bonds is 2. The van der Waals surface area contributed by atoms with E-state index in [9.17, 15) is 9.59 Å². The molecule has 22 heavy (non-hydrogen) atoms. The molecule has 1 aliphatic heterocycles. The molecule has 0 fully saturated rings. The fourth-order valence-electron chi connectivity index (χ4n) is 2.20. The smallest absolute Gasteiger partial charge is 0.338 e. The van der Waals surface area contributed by atoms with Crippen LogP contribution in [0.3, 0.4) is 0 Å². The summed E-state index contributed by atoms with van der Waals surface area (Å²) in [5.41, 5.74) is 1.02. The normalized spacial score (nSPS) is 18.6. The number of esters is 1. The summed E-state index contributed by atoms with van der Waals surface area (Å²) in [6.45, 7) is 7.08. The third-order valence-electron chi connectivity index (χ3n) is 3.09. The maximum Gasteiger partial charge on any atom is 0.338 e. The largest absolute Gasteiger partial charge is 0.456 e. The van der Waals surface area contributed by atoms with Crippen LogP contribution in [-0.2, 0) is 9.53 Å². The van der Waals surface area contributed by atoms with E-state index >= 15 is 0 Å². The van der Waals surface area contributed by atoms with Crippen molar-refractivity contribution in [2.75, 3.05) is 0 Å². The quantitative estimate of drug-likeness (QED) is 0.821. The molecule has 0 aromatic heterocycles. The molecule has 1 aliphatic rings. The second-order valence-electron chi connectivity index (χ2n) is 6.12. The van der Waals surface area contributed by atoms with Crippen LogP contribution in [0.4, 0.5) is 4.79 Å². The van der Waals surface area contributed by atoms with Crippen LogP contribution >= 0.6 is 11.6 Å². The number of urea groups is 1. The van der Waals surface area contributed by atoms with Gasteiger partial charge < -0.3 is 15.4 Å². The van der Waals surface area contributed by atoms with Gasteiger partial charge in [-0.2, -0.15) is 0 Å². The molecule has 0 saturated heterocycles. The van der Waals surface area contributed by atoms with Gasteiger partial charge in [-0.25, -0.2) is 9.59 Å². The SMILES string of the molecule is CC1=C(C(=O)OC(C)(C)C)C(c2ccc(Cl)cc2)NC(=O)N1. The molecule has 0 saturated carbocycles. The molecule has 1 unspecified atom stereocenters. The molecule has 1 aromatic rings. The molecule has 5 nitrogen and oxygen atoms in total. The zero-order valence-electron chi connectivity index (χ0n) is 13.0. The van der Waals surface area contributed by atoms with Crippen molar-refractivity contribution in [1.29, 1.82) is 0 Å². The van der Waals surface area contributed by atoms with E-state index in [1.54, 1.807) is 52.0 Å². The number of amides is 2. The molecular formula is C16H19ClN2O3. The second kappa shape index (κ2) is 6.01. The first-order valence-corrected chi connectivity index (χ1v) is 7.32. The lowest BCUT2D eigenvalue weighted by molar-refractivity contribution is -0.150. The van der Waals surface area contributed by atoms with Crippen molar-refractivity contribution in [3.05, 3.63) is 46.1 Å². The van der Waals surface area contributed by atoms with E-state index < -0.39 is 17.6 Å². The minimum Gasteiger partial charge on any atom is -0.456 e. The average Bonchev–Trinajstić information content (AvgIpc) is 2.36. The molecule has 118 valence electrons. The van der Waals surface area contributed by atoms with Crippen molar-refractivity contribution in [1.82, 2.24) is 10.6 Å². The van der Waals surface area contributed by atoms with Crippen molar-refractivity contribution in [2.45, 2.75) is 39.3 Å². The summed E-state index contributed by atoms with van der Waals surface area (Å²) in [7, 11) is 0. The van der Waals surface area contributed by atoms with Crippen LogP contribution in [0.15, 0.2) is 35.5 Å². The van der Waals surface area contributed by atoms with Crippen LogP contribution in [0.2, 0.25) is 5.02 Å². The second-order valence-corrected chi connectivity index (χ2v) is 6.56. The van der Waals surface area contributed by atoms with Gasteiger partial charge in [0.1, 0.15) is 5.60 Å². The number of ether oxygens (including phenoxy) is 1. The Labute approximate surface area is 134 Å². The van der Waals surface area contributed by atoms with Crippen LogP contribution < -0.4 is 10.6 Å². The fraction of sp³-hybridized carbons (Fsp3) is 0.375. The number of hydrogen-bond acceptors (Lipinski definition) is 3. The standard InChI is InChI=1S/C16H19ClN2O3/c1-9-12(14(20)22-16(2,3)4)13(19-15(21)18-9)10-5-7-11(17)8-6-10/h5-8,13H,1-4H3,(H2,18,19,21).